The Morgan fingerprint density at radius 1 is 1.53 bits per heavy atom. The second-order valence-corrected chi connectivity index (χ2v) is 5.58. The van der Waals surface area contributed by atoms with Crippen molar-refractivity contribution in [1.29, 1.82) is 0 Å². The molecule has 1 atom stereocenters. The van der Waals surface area contributed by atoms with Gasteiger partial charge in [0.1, 0.15) is 0 Å². The van der Waals surface area contributed by atoms with Crippen LogP contribution in [0, 0.1) is 6.92 Å². The van der Waals surface area contributed by atoms with Gasteiger partial charge in [0.25, 0.3) is 0 Å². The Bertz CT molecular complexity index is 434. The monoisotopic (exact) mass is 285 g/mol. The number of carbonyl (C=O) groups is 2. The average Bonchev–Trinajstić information content (AvgIpc) is 2.72. The minimum Gasteiger partial charge on any atom is -0.481 e. The maximum Gasteiger partial charge on any atom is 0.315 e. The third-order valence-electron chi connectivity index (χ3n) is 2.49. The van der Waals surface area contributed by atoms with E-state index in [1.807, 2.05) is 13.8 Å². The topological polar surface area (TPSA) is 91.3 Å². The highest BCUT2D eigenvalue weighted by Gasteiger charge is 2.14. The fourth-order valence-electron chi connectivity index (χ4n) is 1.68. The van der Waals surface area contributed by atoms with Crippen molar-refractivity contribution in [2.45, 2.75) is 45.7 Å². The number of aliphatic carboxylic acids is 1. The number of aryl methyl sites for hydroxylation is 1. The molecule has 0 radical (unpaired) electrons. The highest BCUT2D eigenvalue weighted by molar-refractivity contribution is 7.11. The fraction of sp³-hybridized carbons (Fsp3) is 0.583. The van der Waals surface area contributed by atoms with Crippen molar-refractivity contribution in [3.8, 4) is 0 Å². The van der Waals surface area contributed by atoms with Gasteiger partial charge >= 0.3 is 12.0 Å². The van der Waals surface area contributed by atoms with E-state index in [2.05, 4.69) is 15.6 Å². The van der Waals surface area contributed by atoms with Crippen molar-refractivity contribution >= 4 is 23.3 Å². The molecule has 1 unspecified atom stereocenters. The summed E-state index contributed by atoms with van der Waals surface area (Å²) in [7, 11) is 0. The summed E-state index contributed by atoms with van der Waals surface area (Å²) < 4.78 is 0. The molecule has 0 aliphatic rings. The molecule has 7 heteroatoms. The Hall–Kier alpha value is -1.63. The van der Waals surface area contributed by atoms with Crippen LogP contribution in [0.1, 0.15) is 36.1 Å². The van der Waals surface area contributed by atoms with Crippen LogP contribution in [0.2, 0.25) is 0 Å². The molecule has 1 heterocycles. The lowest BCUT2D eigenvalue weighted by atomic mass is 10.1. The summed E-state index contributed by atoms with van der Waals surface area (Å²) in [6.07, 6.45) is 3.15. The molecule has 106 valence electrons. The van der Waals surface area contributed by atoms with Gasteiger partial charge in [-0.05, 0) is 13.3 Å². The fourth-order valence-corrected chi connectivity index (χ4v) is 2.41. The molecule has 0 aromatic carbocycles. The number of aromatic nitrogens is 1. The predicted octanol–water partition coefficient (Wildman–Crippen LogP) is 1.89. The zero-order chi connectivity index (χ0) is 14.3. The van der Waals surface area contributed by atoms with Crippen LogP contribution in [-0.2, 0) is 11.3 Å². The molecule has 0 aliphatic heterocycles. The Morgan fingerprint density at radius 3 is 2.79 bits per heavy atom. The van der Waals surface area contributed by atoms with E-state index in [0.29, 0.717) is 13.0 Å². The molecule has 19 heavy (non-hydrogen) atoms. The minimum atomic E-state index is -0.906. The van der Waals surface area contributed by atoms with Crippen LogP contribution in [0.5, 0.6) is 0 Å². The number of carbonyl (C=O) groups excluding carboxylic acids is 1. The standard InChI is InChI=1S/C12H19N3O3S/c1-3-4-9(5-11(16)17)15-12(18)14-7-10-6-13-8(2)19-10/h6,9H,3-5,7H2,1-2H3,(H,16,17)(H2,14,15,18). The van der Waals surface area contributed by atoms with Gasteiger partial charge in [-0.25, -0.2) is 9.78 Å². The van der Waals surface area contributed by atoms with Gasteiger partial charge in [-0.2, -0.15) is 0 Å². The van der Waals surface area contributed by atoms with Crippen molar-refractivity contribution in [2.24, 2.45) is 0 Å². The van der Waals surface area contributed by atoms with E-state index in [1.165, 1.54) is 11.3 Å². The number of hydrogen-bond acceptors (Lipinski definition) is 4. The number of hydrogen-bond donors (Lipinski definition) is 3. The first-order chi connectivity index (χ1) is 9.01. The van der Waals surface area contributed by atoms with Crippen molar-refractivity contribution < 1.29 is 14.7 Å². The summed E-state index contributed by atoms with van der Waals surface area (Å²) in [5.74, 6) is -0.906. The molecule has 6 nitrogen and oxygen atoms in total. The van der Waals surface area contributed by atoms with Crippen LogP contribution < -0.4 is 10.6 Å². The van der Waals surface area contributed by atoms with Crippen LogP contribution >= 0.6 is 11.3 Å². The number of carboxylic acid groups (broad SMARTS) is 1. The molecule has 3 N–H and O–H groups in total. The minimum absolute atomic E-state index is 0.0546. The number of carboxylic acids is 1. The van der Waals surface area contributed by atoms with Gasteiger partial charge in [0.05, 0.1) is 18.0 Å². The number of rotatable bonds is 7. The second kappa shape index (κ2) is 7.73. The van der Waals surface area contributed by atoms with Crippen LogP contribution in [0.4, 0.5) is 4.79 Å². The molecule has 0 saturated heterocycles. The van der Waals surface area contributed by atoms with Gasteiger partial charge in [0.2, 0.25) is 0 Å². The van der Waals surface area contributed by atoms with E-state index < -0.39 is 5.97 Å². The molecule has 0 bridgehead atoms. The lowest BCUT2D eigenvalue weighted by Crippen LogP contribution is -2.42. The molecule has 0 saturated carbocycles. The Balaban J connectivity index is 2.37. The summed E-state index contributed by atoms with van der Waals surface area (Å²) in [4.78, 5) is 27.4. The molecule has 0 spiro atoms. The van der Waals surface area contributed by atoms with E-state index >= 15 is 0 Å². The average molecular weight is 285 g/mol. The number of nitrogens with one attached hydrogen (secondary N) is 2. The summed E-state index contributed by atoms with van der Waals surface area (Å²) in [6, 6.07) is -0.670. The molecule has 0 fully saturated rings. The lowest BCUT2D eigenvalue weighted by Gasteiger charge is -2.16. The second-order valence-electron chi connectivity index (χ2n) is 4.26. The van der Waals surface area contributed by atoms with Gasteiger partial charge in [-0.1, -0.05) is 13.3 Å². The van der Waals surface area contributed by atoms with Crippen LogP contribution in [0.25, 0.3) is 0 Å². The first-order valence-corrected chi connectivity index (χ1v) is 7.00. The van der Waals surface area contributed by atoms with E-state index in [-0.39, 0.29) is 18.5 Å². The molecule has 1 rings (SSSR count). The zero-order valence-corrected chi connectivity index (χ0v) is 11.9. The third kappa shape index (κ3) is 6.19. The summed E-state index contributed by atoms with van der Waals surface area (Å²) in [5.41, 5.74) is 0. The number of urea groups is 1. The third-order valence-corrected chi connectivity index (χ3v) is 3.40. The Kier molecular flexibility index (Phi) is 6.27. The van der Waals surface area contributed by atoms with E-state index in [1.54, 1.807) is 6.20 Å². The number of thiazole rings is 1. The largest absolute Gasteiger partial charge is 0.481 e. The zero-order valence-electron chi connectivity index (χ0n) is 11.1. The smallest absolute Gasteiger partial charge is 0.315 e. The van der Waals surface area contributed by atoms with Crippen molar-refractivity contribution in [3.05, 3.63) is 16.1 Å². The molecular formula is C12H19N3O3S. The van der Waals surface area contributed by atoms with Crippen LogP contribution in [0.3, 0.4) is 0 Å². The predicted molar refractivity (Wildman–Crippen MR) is 73.2 cm³/mol. The maximum atomic E-state index is 11.7. The number of amides is 2. The highest BCUT2D eigenvalue weighted by Crippen LogP contribution is 2.10. The Labute approximate surface area is 116 Å². The van der Waals surface area contributed by atoms with Crippen LogP contribution in [-0.4, -0.2) is 28.1 Å². The quantitative estimate of drug-likeness (QED) is 0.713. The summed E-state index contributed by atoms with van der Waals surface area (Å²) >= 11 is 1.52. The molecular weight excluding hydrogens is 266 g/mol. The summed E-state index contributed by atoms with van der Waals surface area (Å²) in [5, 5.41) is 15.1. The Morgan fingerprint density at radius 2 is 2.26 bits per heavy atom. The first kappa shape index (κ1) is 15.4. The van der Waals surface area contributed by atoms with Crippen molar-refractivity contribution in [1.82, 2.24) is 15.6 Å². The molecule has 1 aromatic heterocycles. The molecule has 0 aliphatic carbocycles. The van der Waals surface area contributed by atoms with Crippen LogP contribution in [0.15, 0.2) is 6.20 Å². The van der Waals surface area contributed by atoms with E-state index in [4.69, 9.17) is 5.11 Å². The lowest BCUT2D eigenvalue weighted by molar-refractivity contribution is -0.137. The van der Waals surface area contributed by atoms with Crippen molar-refractivity contribution in [2.75, 3.05) is 0 Å². The van der Waals surface area contributed by atoms with E-state index in [0.717, 1.165) is 16.3 Å². The molecule has 1 aromatic rings. The van der Waals surface area contributed by atoms with Gasteiger partial charge in [-0.15, -0.1) is 11.3 Å². The SMILES string of the molecule is CCCC(CC(=O)O)NC(=O)NCc1cnc(C)s1. The maximum absolute atomic E-state index is 11.7. The number of nitrogens with zero attached hydrogens (tertiary/aromatic N) is 1. The normalized spacial score (nSPS) is 11.9. The highest BCUT2D eigenvalue weighted by atomic mass is 32.1. The van der Waals surface area contributed by atoms with Gasteiger partial charge in [0, 0.05) is 17.1 Å². The van der Waals surface area contributed by atoms with Crippen molar-refractivity contribution in [3.63, 3.8) is 0 Å². The first-order valence-electron chi connectivity index (χ1n) is 6.18. The van der Waals surface area contributed by atoms with E-state index in [9.17, 15) is 9.59 Å². The van der Waals surface area contributed by atoms with Gasteiger partial charge in [-0.3, -0.25) is 4.79 Å². The molecule has 2 amide bonds. The summed E-state index contributed by atoms with van der Waals surface area (Å²) in [6.45, 7) is 4.26. The van der Waals surface area contributed by atoms with Gasteiger partial charge in [0.15, 0.2) is 0 Å². The van der Waals surface area contributed by atoms with Gasteiger partial charge < -0.3 is 15.7 Å².